The molecule has 5 nitrogen and oxygen atoms in total. The van der Waals surface area contributed by atoms with Crippen LogP contribution in [0.15, 0.2) is 23.5 Å². The molecule has 0 aliphatic rings. The summed E-state index contributed by atoms with van der Waals surface area (Å²) in [5.41, 5.74) is 6.80. The molecule has 16 heavy (non-hydrogen) atoms. The Bertz CT molecular complexity index is 422. The summed E-state index contributed by atoms with van der Waals surface area (Å²) >= 11 is 0. The zero-order valence-electron chi connectivity index (χ0n) is 9.01. The number of hydrogen-bond acceptors (Lipinski definition) is 4. The Kier molecular flexibility index (Phi) is 4.30. The standard InChI is InChI=1S/C11H14N4O/c1-3-8(2)14-7-9-5-4-6-13-10(9)11(12)15-16/h1,4-6,8,14,16H,7H2,2H3,(H2,12,15). The fourth-order valence-corrected chi connectivity index (χ4v) is 1.18. The molecule has 0 saturated heterocycles. The number of nitrogens with one attached hydrogen (secondary N) is 1. The molecule has 1 aromatic rings. The maximum absolute atomic E-state index is 8.61. The lowest BCUT2D eigenvalue weighted by Crippen LogP contribution is -2.26. The number of terminal acetylenes is 1. The molecule has 1 heterocycles. The first-order valence-electron chi connectivity index (χ1n) is 4.80. The van der Waals surface area contributed by atoms with E-state index in [4.69, 9.17) is 17.4 Å². The van der Waals surface area contributed by atoms with Crippen molar-refractivity contribution in [2.75, 3.05) is 0 Å². The molecule has 0 aliphatic heterocycles. The fraction of sp³-hybridized carbons (Fsp3) is 0.273. The van der Waals surface area contributed by atoms with Crippen molar-refractivity contribution in [1.82, 2.24) is 10.3 Å². The maximum atomic E-state index is 8.61. The van der Waals surface area contributed by atoms with Crippen molar-refractivity contribution in [3.8, 4) is 12.3 Å². The summed E-state index contributed by atoms with van der Waals surface area (Å²) in [5, 5.41) is 14.6. The lowest BCUT2D eigenvalue weighted by Gasteiger charge is -2.10. The molecular formula is C11H14N4O. The minimum Gasteiger partial charge on any atom is -0.409 e. The zero-order valence-corrected chi connectivity index (χ0v) is 9.01. The summed E-state index contributed by atoms with van der Waals surface area (Å²) in [5.74, 6) is 2.55. The average Bonchev–Trinajstić information content (AvgIpc) is 2.35. The highest BCUT2D eigenvalue weighted by Crippen LogP contribution is 2.05. The van der Waals surface area contributed by atoms with Crippen LogP contribution in [0, 0.1) is 12.3 Å². The van der Waals surface area contributed by atoms with E-state index in [0.29, 0.717) is 12.2 Å². The van der Waals surface area contributed by atoms with Crippen LogP contribution in [-0.4, -0.2) is 22.1 Å². The number of pyridine rings is 1. The Hall–Kier alpha value is -2.06. The highest BCUT2D eigenvalue weighted by Gasteiger charge is 2.08. The van der Waals surface area contributed by atoms with Gasteiger partial charge in [-0.15, -0.1) is 6.42 Å². The molecule has 0 radical (unpaired) electrons. The normalized spacial score (nSPS) is 13.1. The van der Waals surface area contributed by atoms with Crippen LogP contribution in [0.4, 0.5) is 0 Å². The number of amidine groups is 1. The van der Waals surface area contributed by atoms with Crippen molar-refractivity contribution in [2.45, 2.75) is 19.5 Å². The van der Waals surface area contributed by atoms with Crippen molar-refractivity contribution in [3.63, 3.8) is 0 Å². The second-order valence-electron chi connectivity index (χ2n) is 3.27. The van der Waals surface area contributed by atoms with Crippen LogP contribution in [0.3, 0.4) is 0 Å². The minimum absolute atomic E-state index is 0.00855. The third-order valence-electron chi connectivity index (χ3n) is 2.09. The van der Waals surface area contributed by atoms with Crippen molar-refractivity contribution in [3.05, 3.63) is 29.6 Å². The molecule has 0 amide bonds. The van der Waals surface area contributed by atoms with Crippen LogP contribution >= 0.6 is 0 Å². The molecule has 1 unspecified atom stereocenters. The van der Waals surface area contributed by atoms with E-state index in [1.807, 2.05) is 13.0 Å². The summed E-state index contributed by atoms with van der Waals surface area (Å²) < 4.78 is 0. The third-order valence-corrected chi connectivity index (χ3v) is 2.09. The molecule has 1 atom stereocenters. The summed E-state index contributed by atoms with van der Waals surface area (Å²) in [6.07, 6.45) is 6.83. The van der Waals surface area contributed by atoms with Crippen LogP contribution < -0.4 is 11.1 Å². The second kappa shape index (κ2) is 5.73. The van der Waals surface area contributed by atoms with Crippen LogP contribution in [0.5, 0.6) is 0 Å². The summed E-state index contributed by atoms with van der Waals surface area (Å²) in [6, 6.07) is 3.59. The minimum atomic E-state index is -0.0413. The lowest BCUT2D eigenvalue weighted by molar-refractivity contribution is 0.318. The van der Waals surface area contributed by atoms with Crippen LogP contribution in [0.1, 0.15) is 18.2 Å². The smallest absolute Gasteiger partial charge is 0.189 e. The average molecular weight is 218 g/mol. The van der Waals surface area contributed by atoms with Gasteiger partial charge in [0.15, 0.2) is 5.84 Å². The molecule has 5 heteroatoms. The van der Waals surface area contributed by atoms with Gasteiger partial charge in [-0.1, -0.05) is 17.1 Å². The van der Waals surface area contributed by atoms with Crippen LogP contribution in [-0.2, 0) is 6.54 Å². The number of nitrogens with two attached hydrogens (primary N) is 1. The Labute approximate surface area is 94.4 Å². The summed E-state index contributed by atoms with van der Waals surface area (Å²) in [4.78, 5) is 4.05. The SMILES string of the molecule is C#CC(C)NCc1cccnc1/C(N)=N/O. The molecule has 0 aliphatic carbocycles. The van der Waals surface area contributed by atoms with Gasteiger partial charge >= 0.3 is 0 Å². The maximum Gasteiger partial charge on any atom is 0.189 e. The fourth-order valence-electron chi connectivity index (χ4n) is 1.18. The van der Waals surface area contributed by atoms with Gasteiger partial charge < -0.3 is 10.9 Å². The molecular weight excluding hydrogens is 204 g/mol. The van der Waals surface area contributed by atoms with Gasteiger partial charge in [-0.25, -0.2) is 0 Å². The molecule has 0 fully saturated rings. The van der Waals surface area contributed by atoms with Crippen molar-refractivity contribution in [2.24, 2.45) is 10.9 Å². The number of rotatable bonds is 4. The van der Waals surface area contributed by atoms with Gasteiger partial charge in [0.2, 0.25) is 0 Å². The number of nitrogens with zero attached hydrogens (tertiary/aromatic N) is 2. The Morgan fingerprint density at radius 3 is 3.19 bits per heavy atom. The predicted molar refractivity (Wildman–Crippen MR) is 61.9 cm³/mol. The largest absolute Gasteiger partial charge is 0.409 e. The van der Waals surface area contributed by atoms with Crippen LogP contribution in [0.2, 0.25) is 0 Å². The van der Waals surface area contributed by atoms with Gasteiger partial charge in [0.1, 0.15) is 5.69 Å². The molecule has 0 aromatic carbocycles. The van der Waals surface area contributed by atoms with E-state index >= 15 is 0 Å². The quantitative estimate of drug-likeness (QED) is 0.223. The van der Waals surface area contributed by atoms with E-state index in [1.54, 1.807) is 12.3 Å². The molecule has 1 rings (SSSR count). The molecule has 0 bridgehead atoms. The molecule has 1 aromatic heterocycles. The van der Waals surface area contributed by atoms with Gasteiger partial charge in [-0.2, -0.15) is 0 Å². The first kappa shape index (κ1) is 12.0. The zero-order chi connectivity index (χ0) is 12.0. The van der Waals surface area contributed by atoms with E-state index in [2.05, 4.69) is 21.4 Å². The molecule has 4 N–H and O–H groups in total. The van der Waals surface area contributed by atoms with Gasteiger partial charge in [-0.3, -0.25) is 10.3 Å². The number of hydrogen-bond donors (Lipinski definition) is 3. The predicted octanol–water partition coefficient (Wildman–Crippen LogP) is 0.287. The summed E-state index contributed by atoms with van der Waals surface area (Å²) in [7, 11) is 0. The van der Waals surface area contributed by atoms with E-state index in [-0.39, 0.29) is 11.9 Å². The van der Waals surface area contributed by atoms with Gasteiger partial charge in [0, 0.05) is 12.7 Å². The van der Waals surface area contributed by atoms with Crippen molar-refractivity contribution in [1.29, 1.82) is 0 Å². The lowest BCUT2D eigenvalue weighted by atomic mass is 10.1. The third kappa shape index (κ3) is 2.97. The molecule has 0 saturated carbocycles. The van der Waals surface area contributed by atoms with Crippen molar-refractivity contribution >= 4 is 5.84 Å². The van der Waals surface area contributed by atoms with Gasteiger partial charge in [0.05, 0.1) is 6.04 Å². The van der Waals surface area contributed by atoms with Crippen molar-refractivity contribution < 1.29 is 5.21 Å². The van der Waals surface area contributed by atoms with E-state index in [1.165, 1.54) is 0 Å². The topological polar surface area (TPSA) is 83.5 Å². The number of oxime groups is 1. The number of aromatic nitrogens is 1. The Balaban J connectivity index is 2.84. The molecule has 84 valence electrons. The summed E-state index contributed by atoms with van der Waals surface area (Å²) in [6.45, 7) is 2.39. The first-order valence-corrected chi connectivity index (χ1v) is 4.80. The second-order valence-corrected chi connectivity index (χ2v) is 3.27. The van der Waals surface area contributed by atoms with E-state index in [9.17, 15) is 0 Å². The molecule has 0 spiro atoms. The van der Waals surface area contributed by atoms with Gasteiger partial charge in [-0.05, 0) is 18.6 Å². The van der Waals surface area contributed by atoms with Gasteiger partial charge in [0.25, 0.3) is 0 Å². The Morgan fingerprint density at radius 2 is 2.56 bits per heavy atom. The first-order chi connectivity index (χ1) is 7.69. The highest BCUT2D eigenvalue weighted by atomic mass is 16.4. The van der Waals surface area contributed by atoms with Crippen LogP contribution in [0.25, 0.3) is 0 Å². The monoisotopic (exact) mass is 218 g/mol. The Morgan fingerprint density at radius 1 is 1.81 bits per heavy atom. The van der Waals surface area contributed by atoms with E-state index < -0.39 is 0 Å². The highest BCUT2D eigenvalue weighted by molar-refractivity contribution is 5.96. The van der Waals surface area contributed by atoms with E-state index in [0.717, 1.165) is 5.56 Å².